The molecule has 0 aliphatic carbocycles. The topological polar surface area (TPSA) is 84.1 Å². The SMILES string of the molecule is COc1ccc(C(NC(=O)CCc2c(C)nc(SC)[nH]c2=O)C(C)C)cc1. The van der Waals surface area contributed by atoms with Crippen molar-refractivity contribution in [3.05, 3.63) is 51.4 Å². The van der Waals surface area contributed by atoms with E-state index in [1.165, 1.54) is 11.8 Å². The third-order valence-electron chi connectivity index (χ3n) is 4.45. The lowest BCUT2D eigenvalue weighted by Crippen LogP contribution is -2.32. The molecule has 2 rings (SSSR count). The van der Waals surface area contributed by atoms with Crippen LogP contribution in [0, 0.1) is 12.8 Å². The summed E-state index contributed by atoms with van der Waals surface area (Å²) in [6, 6.07) is 7.60. The van der Waals surface area contributed by atoms with Crippen LogP contribution in [0.3, 0.4) is 0 Å². The van der Waals surface area contributed by atoms with Gasteiger partial charge in [-0.05, 0) is 43.2 Å². The van der Waals surface area contributed by atoms with Crippen LogP contribution in [-0.4, -0.2) is 29.2 Å². The molecule has 0 radical (unpaired) electrons. The Balaban J connectivity index is 2.05. The molecule has 1 atom stereocenters. The highest BCUT2D eigenvalue weighted by Crippen LogP contribution is 2.24. The van der Waals surface area contributed by atoms with Gasteiger partial charge in [0, 0.05) is 17.7 Å². The number of H-pyrrole nitrogens is 1. The second kappa shape index (κ2) is 9.60. The van der Waals surface area contributed by atoms with Gasteiger partial charge in [-0.2, -0.15) is 0 Å². The summed E-state index contributed by atoms with van der Waals surface area (Å²) in [5.41, 5.74) is 2.09. The van der Waals surface area contributed by atoms with Crippen LogP contribution in [0.5, 0.6) is 5.75 Å². The van der Waals surface area contributed by atoms with E-state index >= 15 is 0 Å². The maximum atomic E-state index is 12.5. The van der Waals surface area contributed by atoms with Gasteiger partial charge in [-0.15, -0.1) is 0 Å². The highest BCUT2D eigenvalue weighted by molar-refractivity contribution is 7.98. The van der Waals surface area contributed by atoms with Gasteiger partial charge in [-0.25, -0.2) is 4.98 Å². The van der Waals surface area contributed by atoms with Crippen molar-refractivity contribution in [2.75, 3.05) is 13.4 Å². The third-order valence-corrected chi connectivity index (χ3v) is 5.03. The van der Waals surface area contributed by atoms with Crippen LogP contribution in [0.25, 0.3) is 0 Å². The van der Waals surface area contributed by atoms with Gasteiger partial charge in [0.05, 0.1) is 13.2 Å². The molecule has 1 aromatic carbocycles. The average molecular weight is 390 g/mol. The summed E-state index contributed by atoms with van der Waals surface area (Å²) in [6.07, 6.45) is 2.46. The number of aromatic amines is 1. The van der Waals surface area contributed by atoms with E-state index in [1.54, 1.807) is 14.0 Å². The minimum absolute atomic E-state index is 0.0859. The molecule has 1 amide bonds. The molecular weight excluding hydrogens is 362 g/mol. The third kappa shape index (κ3) is 5.60. The number of methoxy groups -OCH3 is 1. The number of amides is 1. The number of aryl methyl sites for hydroxylation is 1. The molecular formula is C20H27N3O3S. The van der Waals surface area contributed by atoms with Crippen molar-refractivity contribution >= 4 is 17.7 Å². The molecule has 1 heterocycles. The first-order chi connectivity index (χ1) is 12.8. The Morgan fingerprint density at radius 3 is 2.48 bits per heavy atom. The zero-order valence-electron chi connectivity index (χ0n) is 16.5. The Morgan fingerprint density at radius 2 is 1.96 bits per heavy atom. The summed E-state index contributed by atoms with van der Waals surface area (Å²) < 4.78 is 5.19. The lowest BCUT2D eigenvalue weighted by molar-refractivity contribution is -0.122. The summed E-state index contributed by atoms with van der Waals surface area (Å²) in [5.74, 6) is 0.927. The molecule has 6 nitrogen and oxygen atoms in total. The Hall–Kier alpha value is -2.28. The second-order valence-electron chi connectivity index (χ2n) is 6.70. The van der Waals surface area contributed by atoms with Gasteiger partial charge in [-0.1, -0.05) is 37.7 Å². The molecule has 0 bridgehead atoms. The molecule has 1 unspecified atom stereocenters. The number of hydrogen-bond donors (Lipinski definition) is 2. The van der Waals surface area contributed by atoms with Gasteiger partial charge in [0.15, 0.2) is 5.16 Å². The predicted octanol–water partition coefficient (Wildman–Crippen LogP) is 3.25. The van der Waals surface area contributed by atoms with Gasteiger partial charge < -0.3 is 15.0 Å². The minimum atomic E-state index is -0.171. The maximum Gasteiger partial charge on any atom is 0.254 e. The first-order valence-corrected chi connectivity index (χ1v) is 10.1. The zero-order valence-corrected chi connectivity index (χ0v) is 17.3. The fraction of sp³-hybridized carbons (Fsp3) is 0.450. The molecule has 146 valence electrons. The molecule has 0 spiro atoms. The number of aromatic nitrogens is 2. The van der Waals surface area contributed by atoms with Crippen molar-refractivity contribution in [1.29, 1.82) is 0 Å². The van der Waals surface area contributed by atoms with Crippen molar-refractivity contribution in [2.24, 2.45) is 5.92 Å². The smallest absolute Gasteiger partial charge is 0.254 e. The quantitative estimate of drug-likeness (QED) is 0.535. The molecule has 0 saturated carbocycles. The van der Waals surface area contributed by atoms with Crippen LogP contribution < -0.4 is 15.6 Å². The fourth-order valence-electron chi connectivity index (χ4n) is 2.91. The number of nitrogens with one attached hydrogen (secondary N) is 2. The summed E-state index contributed by atoms with van der Waals surface area (Å²) in [6.45, 7) is 5.93. The maximum absolute atomic E-state index is 12.5. The van der Waals surface area contributed by atoms with E-state index in [4.69, 9.17) is 4.74 Å². The number of thioether (sulfide) groups is 1. The first kappa shape index (κ1) is 21.0. The monoisotopic (exact) mass is 389 g/mol. The normalized spacial score (nSPS) is 12.1. The summed E-state index contributed by atoms with van der Waals surface area (Å²) >= 11 is 1.39. The Labute approximate surface area is 164 Å². The number of benzene rings is 1. The largest absolute Gasteiger partial charge is 0.497 e. The van der Waals surface area contributed by atoms with Crippen molar-refractivity contribution in [3.8, 4) is 5.75 Å². The predicted molar refractivity (Wildman–Crippen MR) is 108 cm³/mol. The van der Waals surface area contributed by atoms with Gasteiger partial charge in [0.1, 0.15) is 5.75 Å². The molecule has 2 aromatic rings. The number of ether oxygens (including phenoxy) is 1. The van der Waals surface area contributed by atoms with Crippen molar-refractivity contribution < 1.29 is 9.53 Å². The van der Waals surface area contributed by atoms with Gasteiger partial charge in [0.2, 0.25) is 5.91 Å². The van der Waals surface area contributed by atoms with Crippen molar-refractivity contribution in [1.82, 2.24) is 15.3 Å². The minimum Gasteiger partial charge on any atom is -0.497 e. The van der Waals surface area contributed by atoms with Gasteiger partial charge in [-0.3, -0.25) is 9.59 Å². The Kier molecular flexibility index (Phi) is 7.47. The second-order valence-corrected chi connectivity index (χ2v) is 7.50. The lowest BCUT2D eigenvalue weighted by Gasteiger charge is -2.23. The number of rotatable bonds is 8. The van der Waals surface area contributed by atoms with E-state index in [0.29, 0.717) is 22.8 Å². The summed E-state index contributed by atoms with van der Waals surface area (Å²) in [4.78, 5) is 31.8. The van der Waals surface area contributed by atoms with Crippen LogP contribution in [0.4, 0.5) is 0 Å². The van der Waals surface area contributed by atoms with Crippen LogP contribution in [0.15, 0.2) is 34.2 Å². The van der Waals surface area contributed by atoms with Crippen LogP contribution in [0.2, 0.25) is 0 Å². The number of carbonyl (C=O) groups is 1. The van der Waals surface area contributed by atoms with E-state index in [2.05, 4.69) is 29.1 Å². The van der Waals surface area contributed by atoms with E-state index in [9.17, 15) is 9.59 Å². The van der Waals surface area contributed by atoms with E-state index in [-0.39, 0.29) is 29.8 Å². The number of nitrogens with zero attached hydrogens (tertiary/aromatic N) is 1. The lowest BCUT2D eigenvalue weighted by atomic mass is 9.95. The summed E-state index contributed by atoms with van der Waals surface area (Å²) in [5, 5.41) is 3.67. The summed E-state index contributed by atoms with van der Waals surface area (Å²) in [7, 11) is 1.63. The molecule has 7 heteroatoms. The first-order valence-electron chi connectivity index (χ1n) is 8.92. The zero-order chi connectivity index (χ0) is 20.0. The molecule has 27 heavy (non-hydrogen) atoms. The van der Waals surface area contributed by atoms with Crippen molar-refractivity contribution in [3.63, 3.8) is 0 Å². The highest BCUT2D eigenvalue weighted by atomic mass is 32.2. The molecule has 1 aromatic heterocycles. The molecule has 2 N–H and O–H groups in total. The van der Waals surface area contributed by atoms with E-state index in [1.807, 2.05) is 30.5 Å². The van der Waals surface area contributed by atoms with Gasteiger partial charge >= 0.3 is 0 Å². The molecule has 0 aliphatic heterocycles. The molecule has 0 saturated heterocycles. The molecule has 0 aliphatic rings. The molecule has 0 fully saturated rings. The average Bonchev–Trinajstić information content (AvgIpc) is 2.65. The van der Waals surface area contributed by atoms with Crippen LogP contribution >= 0.6 is 11.8 Å². The standard InChI is InChI=1S/C20H27N3O3S/c1-12(2)18(14-6-8-15(26-4)9-7-14)22-17(24)11-10-16-13(3)21-20(27-5)23-19(16)25/h6-9,12,18H,10-11H2,1-5H3,(H,22,24)(H,21,23,25). The van der Waals surface area contributed by atoms with Crippen molar-refractivity contribution in [2.45, 2.75) is 44.8 Å². The van der Waals surface area contributed by atoms with E-state index < -0.39 is 0 Å². The highest BCUT2D eigenvalue weighted by Gasteiger charge is 2.19. The van der Waals surface area contributed by atoms with Crippen LogP contribution in [-0.2, 0) is 11.2 Å². The van der Waals surface area contributed by atoms with E-state index in [0.717, 1.165) is 11.3 Å². The Morgan fingerprint density at radius 1 is 1.30 bits per heavy atom. The van der Waals surface area contributed by atoms with Gasteiger partial charge in [0.25, 0.3) is 5.56 Å². The number of carbonyl (C=O) groups excluding carboxylic acids is 1. The van der Waals surface area contributed by atoms with Crippen LogP contribution in [0.1, 0.15) is 43.1 Å². The number of hydrogen-bond acceptors (Lipinski definition) is 5. The Bertz CT molecular complexity index is 831. The fourth-order valence-corrected chi connectivity index (χ4v) is 3.33.